The topological polar surface area (TPSA) is 111 Å². The molecule has 0 saturated carbocycles. The first-order valence-electron chi connectivity index (χ1n) is 11.2. The van der Waals surface area contributed by atoms with Crippen LogP contribution >= 0.6 is 0 Å². The highest BCUT2D eigenvalue weighted by atomic mass is 16.2. The molecule has 31 heavy (non-hydrogen) atoms. The number of hydrogen-bond donors (Lipinski definition) is 3. The zero-order valence-corrected chi connectivity index (χ0v) is 17.9. The third kappa shape index (κ3) is 4.95. The van der Waals surface area contributed by atoms with Crippen molar-refractivity contribution in [2.45, 2.75) is 32.0 Å². The third-order valence-corrected chi connectivity index (χ3v) is 6.51. The fraction of sp³-hybridized carbons (Fsp3) is 0.591. The molecule has 3 aliphatic rings. The summed E-state index contributed by atoms with van der Waals surface area (Å²) in [5.41, 5.74) is 8.38. The highest BCUT2D eigenvalue weighted by Gasteiger charge is 2.39. The highest BCUT2D eigenvalue weighted by molar-refractivity contribution is 6.05. The van der Waals surface area contributed by atoms with Gasteiger partial charge in [-0.1, -0.05) is 12.1 Å². The number of nitrogens with two attached hydrogens (primary N) is 1. The van der Waals surface area contributed by atoms with Crippen LogP contribution in [0.4, 0.5) is 0 Å². The summed E-state index contributed by atoms with van der Waals surface area (Å²) in [6.07, 6.45) is 0.655. The number of rotatable bonds is 8. The van der Waals surface area contributed by atoms with E-state index in [-0.39, 0.29) is 24.1 Å². The Morgan fingerprint density at radius 1 is 1.06 bits per heavy atom. The molecule has 0 aliphatic carbocycles. The number of carbonyl (C=O) groups excluding carboxylic acids is 3. The van der Waals surface area contributed by atoms with E-state index >= 15 is 0 Å². The van der Waals surface area contributed by atoms with Crippen molar-refractivity contribution in [3.8, 4) is 0 Å². The Balaban J connectivity index is 1.29. The predicted molar refractivity (Wildman–Crippen MR) is 116 cm³/mol. The first-order chi connectivity index (χ1) is 15.1. The van der Waals surface area contributed by atoms with Crippen molar-refractivity contribution in [3.05, 3.63) is 34.9 Å². The lowest BCUT2D eigenvalue weighted by Crippen LogP contribution is -2.52. The highest BCUT2D eigenvalue weighted by Crippen LogP contribution is 2.29. The largest absolute Gasteiger partial charge is 0.329 e. The molecule has 3 amide bonds. The Labute approximate surface area is 182 Å². The monoisotopic (exact) mass is 428 g/mol. The second kappa shape index (κ2) is 9.86. The molecule has 1 atom stereocenters. The standard InChI is InChI=1S/C22H32N6O3/c23-6-8-26-10-12-27(13-11-26)9-7-24-14-16-2-1-3-17-18(16)15-28(22(17)31)19-4-5-20(29)25-21(19)30/h1-3,19,24H,4-15,23H2,(H,25,29,30). The molecule has 2 saturated heterocycles. The van der Waals surface area contributed by atoms with E-state index in [0.29, 0.717) is 31.6 Å². The number of nitrogens with zero attached hydrogens (tertiary/aromatic N) is 3. The molecule has 4 N–H and O–H groups in total. The normalized spacial score (nSPS) is 22.7. The van der Waals surface area contributed by atoms with E-state index in [4.69, 9.17) is 5.73 Å². The minimum atomic E-state index is -0.573. The molecule has 2 fully saturated rings. The number of benzene rings is 1. The molecule has 168 valence electrons. The second-order valence-corrected chi connectivity index (χ2v) is 8.49. The maximum atomic E-state index is 12.9. The van der Waals surface area contributed by atoms with E-state index in [0.717, 1.165) is 56.9 Å². The first kappa shape index (κ1) is 21.9. The van der Waals surface area contributed by atoms with Crippen molar-refractivity contribution in [2.24, 2.45) is 5.73 Å². The van der Waals surface area contributed by atoms with Gasteiger partial charge in [0.1, 0.15) is 6.04 Å². The molecule has 1 unspecified atom stereocenters. The van der Waals surface area contributed by atoms with Crippen LogP contribution in [0.1, 0.15) is 34.3 Å². The van der Waals surface area contributed by atoms with E-state index in [1.165, 1.54) is 0 Å². The average molecular weight is 429 g/mol. The number of imide groups is 1. The summed E-state index contributed by atoms with van der Waals surface area (Å²) in [6.45, 7) is 8.94. The van der Waals surface area contributed by atoms with Crippen LogP contribution in [0, 0.1) is 0 Å². The predicted octanol–water partition coefficient (Wildman–Crippen LogP) is -0.886. The fourth-order valence-electron chi connectivity index (χ4n) is 4.69. The SMILES string of the molecule is NCCN1CCN(CCNCc2cccc3c2CN(C2CCC(=O)NC2=O)C3=O)CC1. The van der Waals surface area contributed by atoms with Gasteiger partial charge in [-0.3, -0.25) is 29.5 Å². The van der Waals surface area contributed by atoms with Crippen molar-refractivity contribution >= 4 is 17.7 Å². The van der Waals surface area contributed by atoms with Gasteiger partial charge in [-0.05, 0) is 23.6 Å². The number of amides is 3. The van der Waals surface area contributed by atoms with Crippen LogP contribution in [0.3, 0.4) is 0 Å². The maximum absolute atomic E-state index is 12.9. The molecule has 9 nitrogen and oxygen atoms in total. The lowest BCUT2D eigenvalue weighted by Gasteiger charge is -2.34. The van der Waals surface area contributed by atoms with Crippen molar-refractivity contribution in [2.75, 3.05) is 52.4 Å². The summed E-state index contributed by atoms with van der Waals surface area (Å²) in [5.74, 6) is -0.763. The Morgan fingerprint density at radius 2 is 1.81 bits per heavy atom. The third-order valence-electron chi connectivity index (χ3n) is 6.51. The minimum absolute atomic E-state index is 0.123. The Hall–Kier alpha value is -2.33. The molecule has 1 aromatic carbocycles. The lowest BCUT2D eigenvalue weighted by molar-refractivity contribution is -0.136. The summed E-state index contributed by atoms with van der Waals surface area (Å²) in [7, 11) is 0. The van der Waals surface area contributed by atoms with E-state index in [2.05, 4.69) is 20.4 Å². The molecular formula is C22H32N6O3. The summed E-state index contributed by atoms with van der Waals surface area (Å²) >= 11 is 0. The smallest absolute Gasteiger partial charge is 0.255 e. The molecule has 1 aromatic rings. The second-order valence-electron chi connectivity index (χ2n) is 8.49. The van der Waals surface area contributed by atoms with E-state index in [1.807, 2.05) is 18.2 Å². The zero-order valence-electron chi connectivity index (χ0n) is 17.9. The van der Waals surface area contributed by atoms with Crippen LogP contribution < -0.4 is 16.4 Å². The minimum Gasteiger partial charge on any atom is -0.329 e. The number of piperidine rings is 1. The van der Waals surface area contributed by atoms with Crippen molar-refractivity contribution < 1.29 is 14.4 Å². The van der Waals surface area contributed by atoms with Gasteiger partial charge >= 0.3 is 0 Å². The summed E-state index contributed by atoms with van der Waals surface area (Å²) < 4.78 is 0. The number of nitrogens with one attached hydrogen (secondary N) is 2. The van der Waals surface area contributed by atoms with Gasteiger partial charge in [0.15, 0.2) is 0 Å². The molecule has 4 rings (SSSR count). The molecule has 3 aliphatic heterocycles. The van der Waals surface area contributed by atoms with E-state index in [9.17, 15) is 14.4 Å². The van der Waals surface area contributed by atoms with Crippen molar-refractivity contribution in [1.29, 1.82) is 0 Å². The number of hydrogen-bond acceptors (Lipinski definition) is 7. The average Bonchev–Trinajstić information content (AvgIpc) is 3.10. The molecule has 0 bridgehead atoms. The quantitative estimate of drug-likeness (QED) is 0.364. The van der Waals surface area contributed by atoms with Gasteiger partial charge in [0.25, 0.3) is 5.91 Å². The Morgan fingerprint density at radius 3 is 2.52 bits per heavy atom. The van der Waals surface area contributed by atoms with Gasteiger partial charge in [-0.2, -0.15) is 0 Å². The van der Waals surface area contributed by atoms with Gasteiger partial charge in [-0.15, -0.1) is 0 Å². The lowest BCUT2D eigenvalue weighted by atomic mass is 10.0. The number of carbonyl (C=O) groups is 3. The molecule has 3 heterocycles. The maximum Gasteiger partial charge on any atom is 0.255 e. The summed E-state index contributed by atoms with van der Waals surface area (Å²) in [4.78, 5) is 43.1. The Kier molecular flexibility index (Phi) is 6.96. The van der Waals surface area contributed by atoms with Crippen LogP contribution in [0.5, 0.6) is 0 Å². The van der Waals surface area contributed by atoms with Gasteiger partial charge in [0.2, 0.25) is 11.8 Å². The van der Waals surface area contributed by atoms with Crippen LogP contribution in [0.2, 0.25) is 0 Å². The Bertz CT molecular complexity index is 837. The van der Waals surface area contributed by atoms with Crippen LogP contribution in [0.25, 0.3) is 0 Å². The summed E-state index contributed by atoms with van der Waals surface area (Å²) in [6, 6.07) is 5.20. The summed E-state index contributed by atoms with van der Waals surface area (Å²) in [5, 5.41) is 5.86. The van der Waals surface area contributed by atoms with Gasteiger partial charge < -0.3 is 16.0 Å². The van der Waals surface area contributed by atoms with E-state index < -0.39 is 6.04 Å². The van der Waals surface area contributed by atoms with Crippen LogP contribution in [0.15, 0.2) is 18.2 Å². The number of piperazine rings is 1. The van der Waals surface area contributed by atoms with Crippen LogP contribution in [-0.4, -0.2) is 90.8 Å². The molecule has 9 heteroatoms. The first-order valence-corrected chi connectivity index (χ1v) is 11.2. The van der Waals surface area contributed by atoms with Gasteiger partial charge in [-0.25, -0.2) is 0 Å². The zero-order chi connectivity index (χ0) is 21.8. The molecule has 0 spiro atoms. The molecular weight excluding hydrogens is 396 g/mol. The van der Waals surface area contributed by atoms with Gasteiger partial charge in [0.05, 0.1) is 0 Å². The fourth-order valence-corrected chi connectivity index (χ4v) is 4.69. The number of fused-ring (bicyclic) bond motifs is 1. The van der Waals surface area contributed by atoms with Crippen LogP contribution in [-0.2, 0) is 22.7 Å². The van der Waals surface area contributed by atoms with Crippen molar-refractivity contribution in [1.82, 2.24) is 25.3 Å². The molecule has 0 aromatic heterocycles. The van der Waals surface area contributed by atoms with Gasteiger partial charge in [0, 0.05) is 77.4 Å². The molecule has 0 radical (unpaired) electrons. The van der Waals surface area contributed by atoms with E-state index in [1.54, 1.807) is 4.90 Å². The van der Waals surface area contributed by atoms with Crippen molar-refractivity contribution in [3.63, 3.8) is 0 Å².